The number of hydrogen-bond acceptors (Lipinski definition) is 4. The predicted octanol–water partition coefficient (Wildman–Crippen LogP) is 1.09. The lowest BCUT2D eigenvalue weighted by Crippen LogP contribution is -2.29. The van der Waals surface area contributed by atoms with E-state index in [9.17, 15) is 0 Å². The summed E-state index contributed by atoms with van der Waals surface area (Å²) in [5.41, 5.74) is 6.28. The van der Waals surface area contributed by atoms with Gasteiger partial charge in [-0.3, -0.25) is 0 Å². The minimum absolute atomic E-state index is 0.0179. The number of rotatable bonds is 4. The van der Waals surface area contributed by atoms with Crippen molar-refractivity contribution in [2.75, 3.05) is 17.7 Å². The van der Waals surface area contributed by atoms with E-state index in [-0.39, 0.29) is 12.6 Å². The Labute approximate surface area is 84.2 Å². The molecule has 78 valence electrons. The average Bonchev–Trinajstić information content (AvgIpc) is 2.14. The first-order valence-corrected chi connectivity index (χ1v) is 4.72. The van der Waals surface area contributed by atoms with Gasteiger partial charge in [-0.2, -0.15) is 0 Å². The SMILES string of the molecule is CC(C)[C@@H](CO)Nc1cc(N)ccn1. The Bertz CT molecular complexity index is 288. The maximum Gasteiger partial charge on any atom is 0.128 e. The van der Waals surface area contributed by atoms with Crippen molar-refractivity contribution in [3.8, 4) is 0 Å². The van der Waals surface area contributed by atoms with E-state index in [1.54, 1.807) is 18.3 Å². The van der Waals surface area contributed by atoms with Gasteiger partial charge in [-0.05, 0) is 12.0 Å². The van der Waals surface area contributed by atoms with Crippen LogP contribution < -0.4 is 11.1 Å². The van der Waals surface area contributed by atoms with Gasteiger partial charge in [0.25, 0.3) is 0 Å². The van der Waals surface area contributed by atoms with Gasteiger partial charge in [0, 0.05) is 18.0 Å². The van der Waals surface area contributed by atoms with E-state index >= 15 is 0 Å². The number of nitrogen functional groups attached to an aromatic ring is 1. The molecule has 0 aliphatic rings. The summed E-state index contributed by atoms with van der Waals surface area (Å²) in [6, 6.07) is 3.50. The Morgan fingerprint density at radius 3 is 2.79 bits per heavy atom. The molecule has 1 heterocycles. The van der Waals surface area contributed by atoms with Crippen LogP contribution in [0.4, 0.5) is 11.5 Å². The van der Waals surface area contributed by atoms with Gasteiger partial charge in [0.05, 0.1) is 12.6 Å². The van der Waals surface area contributed by atoms with Gasteiger partial charge in [-0.1, -0.05) is 13.8 Å². The Morgan fingerprint density at radius 1 is 1.57 bits per heavy atom. The van der Waals surface area contributed by atoms with Crippen molar-refractivity contribution in [1.29, 1.82) is 0 Å². The van der Waals surface area contributed by atoms with Crippen molar-refractivity contribution in [3.63, 3.8) is 0 Å². The topological polar surface area (TPSA) is 71.2 Å². The Kier molecular flexibility index (Phi) is 3.71. The Balaban J connectivity index is 2.67. The van der Waals surface area contributed by atoms with E-state index in [0.717, 1.165) is 0 Å². The second-order valence-electron chi connectivity index (χ2n) is 3.65. The third kappa shape index (κ3) is 2.88. The fourth-order valence-corrected chi connectivity index (χ4v) is 1.14. The average molecular weight is 195 g/mol. The summed E-state index contributed by atoms with van der Waals surface area (Å²) in [6.45, 7) is 4.18. The van der Waals surface area contributed by atoms with E-state index in [2.05, 4.69) is 10.3 Å². The van der Waals surface area contributed by atoms with Crippen molar-refractivity contribution in [2.24, 2.45) is 5.92 Å². The van der Waals surface area contributed by atoms with Gasteiger partial charge in [-0.25, -0.2) is 4.98 Å². The van der Waals surface area contributed by atoms with E-state index in [1.807, 2.05) is 13.8 Å². The van der Waals surface area contributed by atoms with Crippen molar-refractivity contribution in [1.82, 2.24) is 4.98 Å². The minimum atomic E-state index is 0.0179. The van der Waals surface area contributed by atoms with Gasteiger partial charge in [0.1, 0.15) is 5.82 Å². The lowest BCUT2D eigenvalue weighted by molar-refractivity contribution is 0.249. The molecule has 0 saturated carbocycles. The molecule has 4 heteroatoms. The zero-order chi connectivity index (χ0) is 10.6. The van der Waals surface area contributed by atoms with Crippen molar-refractivity contribution in [2.45, 2.75) is 19.9 Å². The first-order chi connectivity index (χ1) is 6.63. The quantitative estimate of drug-likeness (QED) is 0.672. The van der Waals surface area contributed by atoms with Crippen LogP contribution in [0.2, 0.25) is 0 Å². The van der Waals surface area contributed by atoms with Gasteiger partial charge >= 0.3 is 0 Å². The number of nitrogens with zero attached hydrogens (tertiary/aromatic N) is 1. The molecule has 1 rings (SSSR count). The van der Waals surface area contributed by atoms with Crippen LogP contribution in [0.1, 0.15) is 13.8 Å². The third-order valence-electron chi connectivity index (χ3n) is 2.12. The number of aromatic nitrogens is 1. The molecular weight excluding hydrogens is 178 g/mol. The van der Waals surface area contributed by atoms with Crippen LogP contribution in [0, 0.1) is 5.92 Å². The van der Waals surface area contributed by atoms with Crippen LogP contribution in [0.15, 0.2) is 18.3 Å². The number of pyridine rings is 1. The van der Waals surface area contributed by atoms with Crippen LogP contribution in [0.5, 0.6) is 0 Å². The Hall–Kier alpha value is -1.29. The number of nitrogens with one attached hydrogen (secondary N) is 1. The van der Waals surface area contributed by atoms with Gasteiger partial charge in [-0.15, -0.1) is 0 Å². The molecule has 0 fully saturated rings. The molecule has 4 N–H and O–H groups in total. The molecule has 1 aromatic rings. The monoisotopic (exact) mass is 195 g/mol. The maximum atomic E-state index is 9.11. The number of hydrogen-bond donors (Lipinski definition) is 3. The van der Waals surface area contributed by atoms with Gasteiger partial charge in [0.15, 0.2) is 0 Å². The zero-order valence-corrected chi connectivity index (χ0v) is 8.57. The Morgan fingerprint density at radius 2 is 2.29 bits per heavy atom. The molecule has 0 bridgehead atoms. The summed E-state index contributed by atoms with van der Waals surface area (Å²) in [7, 11) is 0. The smallest absolute Gasteiger partial charge is 0.128 e. The summed E-state index contributed by atoms with van der Waals surface area (Å²) in [5, 5.41) is 12.2. The number of aliphatic hydroxyl groups excluding tert-OH is 1. The summed E-state index contributed by atoms with van der Waals surface area (Å²) in [6.07, 6.45) is 1.65. The lowest BCUT2D eigenvalue weighted by atomic mass is 10.1. The summed E-state index contributed by atoms with van der Waals surface area (Å²) >= 11 is 0. The highest BCUT2D eigenvalue weighted by Crippen LogP contribution is 2.12. The molecule has 0 spiro atoms. The molecule has 0 aliphatic heterocycles. The molecule has 14 heavy (non-hydrogen) atoms. The second-order valence-corrected chi connectivity index (χ2v) is 3.65. The van der Waals surface area contributed by atoms with Gasteiger partial charge < -0.3 is 16.2 Å². The van der Waals surface area contributed by atoms with E-state index < -0.39 is 0 Å². The largest absolute Gasteiger partial charge is 0.399 e. The first-order valence-electron chi connectivity index (χ1n) is 4.72. The number of nitrogens with two attached hydrogens (primary N) is 1. The van der Waals surface area contributed by atoms with Crippen LogP contribution in [-0.2, 0) is 0 Å². The first kappa shape index (κ1) is 10.8. The molecule has 0 unspecified atom stereocenters. The van der Waals surface area contributed by atoms with Crippen LogP contribution in [0.3, 0.4) is 0 Å². The fraction of sp³-hybridized carbons (Fsp3) is 0.500. The molecule has 1 aromatic heterocycles. The molecule has 0 saturated heterocycles. The van der Waals surface area contributed by atoms with Crippen LogP contribution in [0.25, 0.3) is 0 Å². The fourth-order valence-electron chi connectivity index (χ4n) is 1.14. The molecule has 0 aromatic carbocycles. The van der Waals surface area contributed by atoms with Crippen molar-refractivity contribution in [3.05, 3.63) is 18.3 Å². The normalized spacial score (nSPS) is 12.9. The maximum absolute atomic E-state index is 9.11. The zero-order valence-electron chi connectivity index (χ0n) is 8.57. The van der Waals surface area contributed by atoms with E-state index in [1.165, 1.54) is 0 Å². The molecule has 0 aliphatic carbocycles. The van der Waals surface area contributed by atoms with Crippen molar-refractivity contribution < 1.29 is 5.11 Å². The summed E-state index contributed by atoms with van der Waals surface area (Å²) < 4.78 is 0. The van der Waals surface area contributed by atoms with Gasteiger partial charge in [0.2, 0.25) is 0 Å². The molecule has 0 amide bonds. The van der Waals surface area contributed by atoms with E-state index in [0.29, 0.717) is 17.4 Å². The molecule has 4 nitrogen and oxygen atoms in total. The number of anilines is 2. The summed E-state index contributed by atoms with van der Waals surface area (Å²) in [5.74, 6) is 1.06. The predicted molar refractivity (Wildman–Crippen MR) is 58.0 cm³/mol. The highest BCUT2D eigenvalue weighted by atomic mass is 16.3. The van der Waals surface area contributed by atoms with Crippen LogP contribution >= 0.6 is 0 Å². The second kappa shape index (κ2) is 4.81. The molecule has 1 atom stereocenters. The molecular formula is C10H17N3O. The summed E-state index contributed by atoms with van der Waals surface area (Å²) in [4.78, 5) is 4.11. The standard InChI is InChI=1S/C10H17N3O/c1-7(2)9(6-14)13-10-5-8(11)3-4-12-10/h3-5,7,9,14H,6H2,1-2H3,(H3,11,12,13)/t9-/m1/s1. The third-order valence-corrected chi connectivity index (χ3v) is 2.12. The van der Waals surface area contributed by atoms with E-state index in [4.69, 9.17) is 10.8 Å². The number of aliphatic hydroxyl groups is 1. The highest BCUT2D eigenvalue weighted by molar-refractivity contribution is 5.48. The van der Waals surface area contributed by atoms with Crippen molar-refractivity contribution >= 4 is 11.5 Å². The lowest BCUT2D eigenvalue weighted by Gasteiger charge is -2.20. The highest BCUT2D eigenvalue weighted by Gasteiger charge is 2.11. The molecule has 0 radical (unpaired) electrons. The minimum Gasteiger partial charge on any atom is -0.399 e. The van der Waals surface area contributed by atoms with Crippen LogP contribution in [-0.4, -0.2) is 22.7 Å².